The van der Waals surface area contributed by atoms with E-state index in [2.05, 4.69) is 81.7 Å². The average molecular weight is 336 g/mol. The largest absolute Gasteiger partial charge is 0.492 e. The summed E-state index contributed by atoms with van der Waals surface area (Å²) in [7, 11) is 0. The Hall–Kier alpha value is -2.29. The Labute approximate surface area is 150 Å². The Kier molecular flexibility index (Phi) is 4.85. The van der Waals surface area contributed by atoms with E-state index in [-0.39, 0.29) is 5.41 Å². The van der Waals surface area contributed by atoms with Gasteiger partial charge in [-0.3, -0.25) is 0 Å². The van der Waals surface area contributed by atoms with Gasteiger partial charge in [-0.25, -0.2) is 4.98 Å². The van der Waals surface area contributed by atoms with E-state index in [1.165, 1.54) is 11.1 Å². The highest BCUT2D eigenvalue weighted by Crippen LogP contribution is 2.26. The topological polar surface area (TPSA) is 27.1 Å². The summed E-state index contributed by atoms with van der Waals surface area (Å²) in [5, 5.41) is 0. The predicted octanol–water partition coefficient (Wildman–Crippen LogP) is 5.54. The third-order valence-corrected chi connectivity index (χ3v) is 4.46. The lowest BCUT2D eigenvalue weighted by atomic mass is 9.95. The van der Waals surface area contributed by atoms with Gasteiger partial charge in [0.1, 0.15) is 18.2 Å². The van der Waals surface area contributed by atoms with Crippen LogP contribution in [0, 0.1) is 0 Å². The van der Waals surface area contributed by atoms with Crippen molar-refractivity contribution in [1.29, 1.82) is 0 Å². The number of nitrogens with zero attached hydrogens (tertiary/aromatic N) is 2. The minimum absolute atomic E-state index is 0.00205. The zero-order valence-corrected chi connectivity index (χ0v) is 15.9. The first-order valence-corrected chi connectivity index (χ1v) is 9.05. The molecule has 0 fully saturated rings. The first kappa shape index (κ1) is 17.5. The fourth-order valence-electron chi connectivity index (χ4n) is 3.08. The Morgan fingerprint density at radius 1 is 1.00 bits per heavy atom. The van der Waals surface area contributed by atoms with Crippen molar-refractivity contribution < 1.29 is 4.74 Å². The van der Waals surface area contributed by atoms with Crippen LogP contribution in [0.25, 0.3) is 11.0 Å². The van der Waals surface area contributed by atoms with E-state index in [9.17, 15) is 0 Å². The van der Waals surface area contributed by atoms with Crippen molar-refractivity contribution in [3.05, 3.63) is 59.9 Å². The van der Waals surface area contributed by atoms with Crippen LogP contribution in [0.3, 0.4) is 0 Å². The maximum Gasteiger partial charge on any atom is 0.119 e. The van der Waals surface area contributed by atoms with E-state index in [1.54, 1.807) is 0 Å². The molecular formula is C22H28N2O. The van der Waals surface area contributed by atoms with Crippen LogP contribution in [0.4, 0.5) is 0 Å². The molecule has 0 saturated heterocycles. The molecule has 25 heavy (non-hydrogen) atoms. The molecule has 3 aromatic rings. The normalized spacial score (nSPS) is 12.1. The van der Waals surface area contributed by atoms with E-state index < -0.39 is 0 Å². The highest BCUT2D eigenvalue weighted by Gasteiger charge is 2.22. The van der Waals surface area contributed by atoms with Gasteiger partial charge >= 0.3 is 0 Å². The van der Waals surface area contributed by atoms with Crippen molar-refractivity contribution in [3.8, 4) is 5.75 Å². The van der Waals surface area contributed by atoms with Crippen LogP contribution < -0.4 is 4.74 Å². The summed E-state index contributed by atoms with van der Waals surface area (Å²) in [5.74, 6) is 2.57. The van der Waals surface area contributed by atoms with Crippen LogP contribution in [0.15, 0.2) is 48.5 Å². The molecule has 0 bridgehead atoms. The fraction of sp³-hybridized carbons (Fsp3) is 0.409. The van der Waals surface area contributed by atoms with Gasteiger partial charge in [0.2, 0.25) is 0 Å². The Bertz CT molecular complexity index is 839. The Morgan fingerprint density at radius 3 is 2.32 bits per heavy atom. The number of hydrogen-bond donors (Lipinski definition) is 0. The molecule has 0 spiro atoms. The van der Waals surface area contributed by atoms with Crippen molar-refractivity contribution in [1.82, 2.24) is 9.55 Å². The molecule has 1 aromatic heterocycles. The minimum Gasteiger partial charge on any atom is -0.492 e. The molecule has 0 atom stereocenters. The van der Waals surface area contributed by atoms with Gasteiger partial charge in [0.25, 0.3) is 0 Å². The summed E-state index contributed by atoms with van der Waals surface area (Å²) in [6.45, 7) is 12.4. The lowest BCUT2D eigenvalue weighted by Gasteiger charge is -2.20. The minimum atomic E-state index is -0.00205. The Balaban J connectivity index is 1.76. The van der Waals surface area contributed by atoms with Crippen LogP contribution in [0.1, 0.15) is 51.9 Å². The zero-order valence-electron chi connectivity index (χ0n) is 15.9. The SMILES string of the molecule is CC(C)c1ccc(OCCn2c(C(C)(C)C)nc3ccccc32)cc1. The number of ether oxygens (including phenoxy) is 1. The second-order valence-corrected chi connectivity index (χ2v) is 7.90. The molecule has 0 aliphatic rings. The number of aromatic nitrogens is 2. The van der Waals surface area contributed by atoms with Crippen LogP contribution >= 0.6 is 0 Å². The summed E-state index contributed by atoms with van der Waals surface area (Å²) in [5.41, 5.74) is 3.56. The third kappa shape index (κ3) is 3.87. The number of rotatable bonds is 5. The molecule has 3 nitrogen and oxygen atoms in total. The summed E-state index contributed by atoms with van der Waals surface area (Å²) in [4.78, 5) is 4.85. The molecule has 0 aliphatic carbocycles. The monoisotopic (exact) mass is 336 g/mol. The van der Waals surface area contributed by atoms with Gasteiger partial charge < -0.3 is 9.30 Å². The highest BCUT2D eigenvalue weighted by atomic mass is 16.5. The smallest absolute Gasteiger partial charge is 0.119 e. The first-order valence-electron chi connectivity index (χ1n) is 9.05. The van der Waals surface area contributed by atoms with Crippen molar-refractivity contribution in [3.63, 3.8) is 0 Å². The number of imidazole rings is 1. The number of benzene rings is 2. The molecule has 132 valence electrons. The molecule has 3 heteroatoms. The van der Waals surface area contributed by atoms with E-state index in [1.807, 2.05) is 6.07 Å². The van der Waals surface area contributed by atoms with Gasteiger partial charge in [-0.05, 0) is 35.7 Å². The van der Waals surface area contributed by atoms with Gasteiger partial charge in [0.15, 0.2) is 0 Å². The van der Waals surface area contributed by atoms with Crippen molar-refractivity contribution in [2.24, 2.45) is 0 Å². The molecule has 2 aromatic carbocycles. The second kappa shape index (κ2) is 6.91. The van der Waals surface area contributed by atoms with Gasteiger partial charge in [-0.2, -0.15) is 0 Å². The molecule has 0 saturated carbocycles. The summed E-state index contributed by atoms with van der Waals surface area (Å²) in [6, 6.07) is 16.7. The summed E-state index contributed by atoms with van der Waals surface area (Å²) in [6.07, 6.45) is 0. The average Bonchev–Trinajstić information content (AvgIpc) is 2.95. The molecule has 0 amide bonds. The Morgan fingerprint density at radius 2 is 1.68 bits per heavy atom. The second-order valence-electron chi connectivity index (χ2n) is 7.90. The van der Waals surface area contributed by atoms with Gasteiger partial charge in [0, 0.05) is 5.41 Å². The predicted molar refractivity (Wildman–Crippen MR) is 104 cm³/mol. The van der Waals surface area contributed by atoms with Crippen molar-refractivity contribution in [2.45, 2.75) is 52.5 Å². The van der Waals surface area contributed by atoms with Gasteiger partial charge in [0.05, 0.1) is 17.6 Å². The molecule has 0 aliphatic heterocycles. The van der Waals surface area contributed by atoms with Gasteiger partial charge in [-0.15, -0.1) is 0 Å². The van der Waals surface area contributed by atoms with E-state index in [0.29, 0.717) is 12.5 Å². The fourth-order valence-corrected chi connectivity index (χ4v) is 3.08. The molecule has 0 radical (unpaired) electrons. The van der Waals surface area contributed by atoms with E-state index in [0.717, 1.165) is 23.6 Å². The lowest BCUT2D eigenvalue weighted by molar-refractivity contribution is 0.295. The molecular weight excluding hydrogens is 308 g/mol. The van der Waals surface area contributed by atoms with E-state index >= 15 is 0 Å². The van der Waals surface area contributed by atoms with Crippen molar-refractivity contribution >= 4 is 11.0 Å². The number of para-hydroxylation sites is 2. The van der Waals surface area contributed by atoms with Crippen LogP contribution in [0.5, 0.6) is 5.75 Å². The third-order valence-electron chi connectivity index (χ3n) is 4.46. The standard InChI is InChI=1S/C22H28N2O/c1-16(2)17-10-12-18(13-11-17)25-15-14-24-20-9-7-6-8-19(20)23-21(24)22(3,4)5/h6-13,16H,14-15H2,1-5H3. The molecule has 1 heterocycles. The molecule has 0 N–H and O–H groups in total. The lowest BCUT2D eigenvalue weighted by Crippen LogP contribution is -2.21. The first-order chi connectivity index (χ1) is 11.9. The van der Waals surface area contributed by atoms with E-state index in [4.69, 9.17) is 9.72 Å². The van der Waals surface area contributed by atoms with Crippen LogP contribution in [0.2, 0.25) is 0 Å². The number of fused-ring (bicyclic) bond motifs is 1. The highest BCUT2D eigenvalue weighted by molar-refractivity contribution is 5.76. The number of hydrogen-bond acceptors (Lipinski definition) is 2. The van der Waals surface area contributed by atoms with Crippen molar-refractivity contribution in [2.75, 3.05) is 6.61 Å². The van der Waals surface area contributed by atoms with Crippen LogP contribution in [-0.4, -0.2) is 16.2 Å². The maximum atomic E-state index is 5.98. The summed E-state index contributed by atoms with van der Waals surface area (Å²) >= 11 is 0. The molecule has 0 unspecified atom stereocenters. The maximum absolute atomic E-state index is 5.98. The molecule has 3 rings (SSSR count). The zero-order chi connectivity index (χ0) is 18.0. The van der Waals surface area contributed by atoms with Crippen LogP contribution in [-0.2, 0) is 12.0 Å². The summed E-state index contributed by atoms with van der Waals surface area (Å²) < 4.78 is 8.27. The van der Waals surface area contributed by atoms with Gasteiger partial charge in [-0.1, -0.05) is 58.9 Å². The quantitative estimate of drug-likeness (QED) is 0.612.